The molecule has 1 aromatic rings. The molecule has 0 atom stereocenters. The second-order valence-electron chi connectivity index (χ2n) is 7.40. The summed E-state index contributed by atoms with van der Waals surface area (Å²) in [6.45, 7) is 15.8. The van der Waals surface area contributed by atoms with E-state index in [0.29, 0.717) is 0 Å². The maximum atomic E-state index is 4.97. The first-order valence-corrected chi connectivity index (χ1v) is 7.59. The van der Waals surface area contributed by atoms with Gasteiger partial charge in [-0.05, 0) is 20.3 Å². The van der Waals surface area contributed by atoms with Gasteiger partial charge < -0.3 is 9.88 Å². The van der Waals surface area contributed by atoms with Crippen LogP contribution in [-0.2, 0) is 23.9 Å². The van der Waals surface area contributed by atoms with Crippen molar-refractivity contribution in [2.75, 3.05) is 6.54 Å². The number of imidazole rings is 1. The molecule has 0 fully saturated rings. The molecule has 0 aromatic carbocycles. The maximum absolute atomic E-state index is 4.97. The lowest BCUT2D eigenvalue weighted by molar-refractivity contribution is 0.288. The summed E-state index contributed by atoms with van der Waals surface area (Å²) in [7, 11) is 0. The summed E-state index contributed by atoms with van der Waals surface area (Å²) in [5.74, 6) is 1.25. The number of rotatable bonds is 3. The number of nitrogens with one attached hydrogen (secondary N) is 1. The van der Waals surface area contributed by atoms with E-state index in [1.54, 1.807) is 0 Å². The summed E-state index contributed by atoms with van der Waals surface area (Å²) in [6, 6.07) is 0. The highest BCUT2D eigenvalue weighted by atomic mass is 15.2. The molecule has 0 saturated carbocycles. The van der Waals surface area contributed by atoms with Crippen LogP contribution in [0.25, 0.3) is 0 Å². The van der Waals surface area contributed by atoms with Gasteiger partial charge in [0.15, 0.2) is 0 Å². The molecule has 0 amide bonds. The Labute approximate surface area is 117 Å². The van der Waals surface area contributed by atoms with Crippen LogP contribution >= 0.6 is 0 Å². The third-order valence-corrected chi connectivity index (χ3v) is 4.02. The van der Waals surface area contributed by atoms with E-state index in [1.807, 2.05) is 0 Å². The van der Waals surface area contributed by atoms with Crippen LogP contribution in [0.1, 0.15) is 71.6 Å². The molecule has 0 spiro atoms. The van der Waals surface area contributed by atoms with Gasteiger partial charge in [-0.3, -0.25) is 0 Å². The molecule has 108 valence electrons. The summed E-state index contributed by atoms with van der Waals surface area (Å²) in [6.07, 6.45) is 3.51. The van der Waals surface area contributed by atoms with Gasteiger partial charge in [0.25, 0.3) is 0 Å². The topological polar surface area (TPSA) is 29.9 Å². The largest absolute Gasteiger partial charge is 0.326 e. The van der Waals surface area contributed by atoms with Crippen molar-refractivity contribution in [3.63, 3.8) is 0 Å². The van der Waals surface area contributed by atoms with E-state index < -0.39 is 0 Å². The van der Waals surface area contributed by atoms with Crippen molar-refractivity contribution in [2.24, 2.45) is 0 Å². The molecular weight excluding hydrogens is 234 g/mol. The lowest BCUT2D eigenvalue weighted by Gasteiger charge is -2.34. The van der Waals surface area contributed by atoms with E-state index in [-0.39, 0.29) is 11.0 Å². The van der Waals surface area contributed by atoms with Gasteiger partial charge in [0.05, 0.1) is 5.69 Å². The number of fused-ring (bicyclic) bond motifs is 1. The van der Waals surface area contributed by atoms with Gasteiger partial charge in [-0.2, -0.15) is 0 Å². The van der Waals surface area contributed by atoms with Crippen molar-refractivity contribution >= 4 is 0 Å². The van der Waals surface area contributed by atoms with Crippen LogP contribution in [-0.4, -0.2) is 16.1 Å². The molecule has 0 unspecified atom stereocenters. The Bertz CT molecular complexity index is 449. The van der Waals surface area contributed by atoms with Crippen molar-refractivity contribution in [3.8, 4) is 0 Å². The van der Waals surface area contributed by atoms with Crippen molar-refractivity contribution < 1.29 is 0 Å². The molecule has 2 rings (SSSR count). The summed E-state index contributed by atoms with van der Waals surface area (Å²) < 4.78 is 2.55. The number of hydrogen-bond donors (Lipinski definition) is 1. The van der Waals surface area contributed by atoms with Crippen LogP contribution in [0.2, 0.25) is 0 Å². The average molecular weight is 263 g/mol. The fourth-order valence-electron chi connectivity index (χ4n) is 3.19. The van der Waals surface area contributed by atoms with Crippen LogP contribution in [0.3, 0.4) is 0 Å². The van der Waals surface area contributed by atoms with Gasteiger partial charge in [-0.25, -0.2) is 4.98 Å². The van der Waals surface area contributed by atoms with Crippen molar-refractivity contribution in [2.45, 2.75) is 78.3 Å². The van der Waals surface area contributed by atoms with E-state index in [4.69, 9.17) is 4.98 Å². The van der Waals surface area contributed by atoms with Gasteiger partial charge in [-0.15, -0.1) is 0 Å². The normalized spacial score (nSPS) is 16.5. The first-order chi connectivity index (χ1) is 8.77. The zero-order chi connectivity index (χ0) is 14.3. The fourth-order valence-corrected chi connectivity index (χ4v) is 3.19. The van der Waals surface area contributed by atoms with E-state index in [0.717, 1.165) is 19.5 Å². The zero-order valence-electron chi connectivity index (χ0n) is 13.4. The van der Waals surface area contributed by atoms with Gasteiger partial charge in [0.1, 0.15) is 5.82 Å². The molecule has 3 nitrogen and oxygen atoms in total. The van der Waals surface area contributed by atoms with Crippen LogP contribution in [0.15, 0.2) is 0 Å². The van der Waals surface area contributed by atoms with E-state index >= 15 is 0 Å². The standard InChI is InChI=1S/C16H29N3/c1-7-9-16(5,6)19-13-8-10-17-11-12(13)18-14(19)15(2,3)4/h17H,7-11H2,1-6H3. The zero-order valence-corrected chi connectivity index (χ0v) is 13.4. The molecule has 0 aliphatic carbocycles. The predicted octanol–water partition coefficient (Wildman–Crippen LogP) is 3.36. The Balaban J connectivity index is 2.58. The quantitative estimate of drug-likeness (QED) is 0.906. The monoisotopic (exact) mass is 263 g/mol. The summed E-state index contributed by atoms with van der Waals surface area (Å²) in [4.78, 5) is 4.97. The van der Waals surface area contributed by atoms with Crippen LogP contribution in [0.4, 0.5) is 0 Å². The molecule has 1 aromatic heterocycles. The number of nitrogens with zero attached hydrogens (tertiary/aromatic N) is 2. The molecular formula is C16H29N3. The number of aromatic nitrogens is 2. The SMILES string of the molecule is CCCC(C)(C)n1c(C(C)(C)C)nc2c1CCNC2. The lowest BCUT2D eigenvalue weighted by atomic mass is 9.91. The van der Waals surface area contributed by atoms with Gasteiger partial charge in [0.2, 0.25) is 0 Å². The Kier molecular flexibility index (Phi) is 3.78. The molecule has 0 radical (unpaired) electrons. The Morgan fingerprint density at radius 1 is 1.21 bits per heavy atom. The van der Waals surface area contributed by atoms with Gasteiger partial charge in [-0.1, -0.05) is 34.1 Å². The van der Waals surface area contributed by atoms with Crippen molar-refractivity contribution in [1.29, 1.82) is 0 Å². The number of hydrogen-bond acceptors (Lipinski definition) is 2. The fraction of sp³-hybridized carbons (Fsp3) is 0.812. The molecule has 1 aliphatic heterocycles. The van der Waals surface area contributed by atoms with Crippen molar-refractivity contribution in [1.82, 2.24) is 14.9 Å². The molecule has 1 aliphatic rings. The highest BCUT2D eigenvalue weighted by Gasteiger charge is 2.33. The summed E-state index contributed by atoms with van der Waals surface area (Å²) in [5.41, 5.74) is 2.99. The second kappa shape index (κ2) is 4.93. The first kappa shape index (κ1) is 14.6. The summed E-state index contributed by atoms with van der Waals surface area (Å²) in [5, 5.41) is 3.44. The molecule has 0 bridgehead atoms. The highest BCUT2D eigenvalue weighted by molar-refractivity contribution is 5.25. The minimum atomic E-state index is 0.0996. The van der Waals surface area contributed by atoms with Crippen LogP contribution in [0, 0.1) is 0 Å². The second-order valence-corrected chi connectivity index (χ2v) is 7.40. The third-order valence-electron chi connectivity index (χ3n) is 4.02. The molecule has 19 heavy (non-hydrogen) atoms. The first-order valence-electron chi connectivity index (χ1n) is 7.59. The minimum Gasteiger partial charge on any atom is -0.326 e. The molecule has 2 heterocycles. The predicted molar refractivity (Wildman–Crippen MR) is 80.6 cm³/mol. The van der Waals surface area contributed by atoms with Gasteiger partial charge >= 0.3 is 0 Å². The van der Waals surface area contributed by atoms with Gasteiger partial charge in [0, 0.05) is 36.2 Å². The van der Waals surface area contributed by atoms with Crippen LogP contribution in [0.5, 0.6) is 0 Å². The Hall–Kier alpha value is -0.830. The molecule has 3 heteroatoms. The lowest BCUT2D eigenvalue weighted by Crippen LogP contribution is -2.35. The van der Waals surface area contributed by atoms with E-state index in [2.05, 4.69) is 51.4 Å². The average Bonchev–Trinajstić information content (AvgIpc) is 2.68. The third kappa shape index (κ3) is 2.71. The minimum absolute atomic E-state index is 0.0996. The van der Waals surface area contributed by atoms with E-state index in [1.165, 1.54) is 30.1 Å². The Morgan fingerprint density at radius 2 is 1.89 bits per heavy atom. The smallest absolute Gasteiger partial charge is 0.115 e. The summed E-state index contributed by atoms with van der Waals surface area (Å²) >= 11 is 0. The van der Waals surface area contributed by atoms with E-state index in [9.17, 15) is 0 Å². The molecule has 0 saturated heterocycles. The highest BCUT2D eigenvalue weighted by Crippen LogP contribution is 2.34. The Morgan fingerprint density at radius 3 is 2.47 bits per heavy atom. The van der Waals surface area contributed by atoms with Crippen molar-refractivity contribution in [3.05, 3.63) is 17.2 Å². The maximum Gasteiger partial charge on any atom is 0.115 e. The van der Waals surface area contributed by atoms with Crippen LogP contribution < -0.4 is 5.32 Å². The molecule has 1 N–H and O–H groups in total.